The highest BCUT2D eigenvalue weighted by Gasteiger charge is 2.23. The monoisotopic (exact) mass is 292 g/mol. The Morgan fingerprint density at radius 3 is 2.65 bits per heavy atom. The van der Waals surface area contributed by atoms with Gasteiger partial charge in [0.05, 0.1) is 11.9 Å². The van der Waals surface area contributed by atoms with Crippen LogP contribution in [0.3, 0.4) is 0 Å². The Bertz CT molecular complexity index is 512. The van der Waals surface area contributed by atoms with Crippen molar-refractivity contribution in [2.24, 2.45) is 5.41 Å². The summed E-state index contributed by atoms with van der Waals surface area (Å²) in [5.41, 5.74) is 1.29. The van der Waals surface area contributed by atoms with Crippen LogP contribution in [0, 0.1) is 5.41 Å². The third-order valence-electron chi connectivity index (χ3n) is 2.96. The zero-order valence-corrected chi connectivity index (χ0v) is 12.0. The smallest absolute Gasteiger partial charge is 0.0720 e. The lowest BCUT2D eigenvalue weighted by Crippen LogP contribution is -2.23. The fraction of sp³-hybridized carbons (Fsp3) is 0.429. The fourth-order valence-electron chi connectivity index (χ4n) is 1.71. The average molecular weight is 293 g/mol. The van der Waals surface area contributed by atoms with Crippen molar-refractivity contribution in [3.05, 3.63) is 36.2 Å². The maximum absolute atomic E-state index is 4.28. The summed E-state index contributed by atoms with van der Waals surface area (Å²) in [5, 5.41) is 10.7. The van der Waals surface area contributed by atoms with Crippen LogP contribution in [0.5, 0.6) is 0 Å². The van der Waals surface area contributed by atoms with Gasteiger partial charge in [0.15, 0.2) is 0 Å². The number of nitrogens with zero attached hydrogens (tertiary/aromatic N) is 2. The second-order valence-electron chi connectivity index (χ2n) is 5.42. The third-order valence-corrected chi connectivity index (χ3v) is 4.66. The second-order valence-corrected chi connectivity index (χ2v) is 6.52. The molecule has 2 nitrogen and oxygen atoms in total. The van der Waals surface area contributed by atoms with Crippen molar-refractivity contribution < 1.29 is 0 Å². The van der Waals surface area contributed by atoms with Crippen LogP contribution in [0.4, 0.5) is 0 Å². The minimum absolute atomic E-state index is 0.221. The van der Waals surface area contributed by atoms with E-state index >= 15 is 0 Å². The van der Waals surface area contributed by atoms with Gasteiger partial charge in [-0.3, -0.25) is 0 Å². The molecule has 1 aromatic carbocycles. The molecule has 1 aromatic heterocycles. The maximum atomic E-state index is 4.28. The molecule has 0 amide bonds. The predicted octanol–water partition coefficient (Wildman–Crippen LogP) is 3.98. The van der Waals surface area contributed by atoms with E-state index in [0.29, 0.717) is 4.83 Å². The number of alkyl halides is 1. The lowest BCUT2D eigenvalue weighted by Gasteiger charge is -2.25. The van der Waals surface area contributed by atoms with E-state index in [1.165, 1.54) is 5.39 Å². The molecule has 0 saturated carbocycles. The van der Waals surface area contributed by atoms with Gasteiger partial charge in [0.2, 0.25) is 0 Å². The summed E-state index contributed by atoms with van der Waals surface area (Å²) in [7, 11) is 0. The SMILES string of the molecule is CC(C)(C)C(Br)Cc1nncc2ccccc12. The molecule has 0 saturated heterocycles. The molecule has 0 radical (unpaired) electrons. The predicted molar refractivity (Wildman–Crippen MR) is 75.4 cm³/mol. The molecule has 0 aliphatic carbocycles. The molecule has 0 aliphatic heterocycles. The summed E-state index contributed by atoms with van der Waals surface area (Å²) in [6.45, 7) is 6.68. The molecule has 3 heteroatoms. The molecule has 0 spiro atoms. The summed E-state index contributed by atoms with van der Waals surface area (Å²) in [4.78, 5) is 0.398. The molecule has 1 atom stereocenters. The van der Waals surface area contributed by atoms with Gasteiger partial charge in [-0.05, 0) is 5.41 Å². The highest BCUT2D eigenvalue weighted by atomic mass is 79.9. The van der Waals surface area contributed by atoms with Crippen molar-refractivity contribution in [2.75, 3.05) is 0 Å². The van der Waals surface area contributed by atoms with E-state index < -0.39 is 0 Å². The first-order valence-corrected chi connectivity index (χ1v) is 6.73. The zero-order valence-electron chi connectivity index (χ0n) is 10.4. The molecule has 0 bridgehead atoms. The Labute approximate surface area is 111 Å². The van der Waals surface area contributed by atoms with E-state index in [-0.39, 0.29) is 5.41 Å². The van der Waals surface area contributed by atoms with Crippen LogP contribution in [-0.4, -0.2) is 15.0 Å². The molecule has 1 unspecified atom stereocenters. The number of hydrogen-bond donors (Lipinski definition) is 0. The highest BCUT2D eigenvalue weighted by molar-refractivity contribution is 9.09. The van der Waals surface area contributed by atoms with Crippen molar-refractivity contribution in [1.82, 2.24) is 10.2 Å². The van der Waals surface area contributed by atoms with Crippen LogP contribution in [0.15, 0.2) is 30.5 Å². The van der Waals surface area contributed by atoms with Crippen LogP contribution in [0.25, 0.3) is 10.8 Å². The zero-order chi connectivity index (χ0) is 12.5. The van der Waals surface area contributed by atoms with E-state index in [1.807, 2.05) is 18.3 Å². The summed E-state index contributed by atoms with van der Waals surface area (Å²) in [6, 6.07) is 8.27. The minimum atomic E-state index is 0.221. The number of hydrogen-bond acceptors (Lipinski definition) is 2. The van der Waals surface area contributed by atoms with Crippen molar-refractivity contribution in [1.29, 1.82) is 0 Å². The largest absolute Gasteiger partial charge is 0.158 e. The molecule has 2 rings (SSSR count). The van der Waals surface area contributed by atoms with Gasteiger partial charge in [-0.2, -0.15) is 10.2 Å². The summed E-state index contributed by atoms with van der Waals surface area (Å²) in [6.07, 6.45) is 2.72. The van der Waals surface area contributed by atoms with Crippen molar-refractivity contribution in [3.63, 3.8) is 0 Å². The molecule has 90 valence electrons. The first-order chi connectivity index (χ1) is 7.98. The summed E-state index contributed by atoms with van der Waals surface area (Å²) < 4.78 is 0. The van der Waals surface area contributed by atoms with Crippen LogP contribution in [0.2, 0.25) is 0 Å². The Morgan fingerprint density at radius 1 is 1.24 bits per heavy atom. The first-order valence-electron chi connectivity index (χ1n) is 5.82. The van der Waals surface area contributed by atoms with E-state index in [1.54, 1.807) is 0 Å². The van der Waals surface area contributed by atoms with Crippen molar-refractivity contribution >= 4 is 26.7 Å². The van der Waals surface area contributed by atoms with Gasteiger partial charge in [0, 0.05) is 22.0 Å². The van der Waals surface area contributed by atoms with Gasteiger partial charge in [-0.25, -0.2) is 0 Å². The standard InChI is InChI=1S/C14H17BrN2/c1-14(2,3)13(15)8-12-11-7-5-4-6-10(11)9-16-17-12/h4-7,9,13H,8H2,1-3H3. The Balaban J connectivity index is 2.36. The normalized spacial score (nSPS) is 13.9. The molecular weight excluding hydrogens is 276 g/mol. The molecule has 17 heavy (non-hydrogen) atoms. The van der Waals surface area contributed by atoms with Gasteiger partial charge < -0.3 is 0 Å². The average Bonchev–Trinajstić information content (AvgIpc) is 2.28. The minimum Gasteiger partial charge on any atom is -0.158 e. The second kappa shape index (κ2) is 4.73. The van der Waals surface area contributed by atoms with Crippen LogP contribution >= 0.6 is 15.9 Å². The Kier molecular flexibility index (Phi) is 3.48. The van der Waals surface area contributed by atoms with Gasteiger partial charge in [0.1, 0.15) is 0 Å². The first kappa shape index (κ1) is 12.5. The maximum Gasteiger partial charge on any atom is 0.0720 e. The van der Waals surface area contributed by atoms with Gasteiger partial charge >= 0.3 is 0 Å². The van der Waals surface area contributed by atoms with Crippen LogP contribution in [-0.2, 0) is 6.42 Å². The van der Waals surface area contributed by atoms with Crippen molar-refractivity contribution in [2.45, 2.75) is 32.0 Å². The number of aromatic nitrogens is 2. The number of fused-ring (bicyclic) bond motifs is 1. The number of halogens is 1. The summed E-state index contributed by atoms with van der Waals surface area (Å²) >= 11 is 3.75. The molecular formula is C14H17BrN2. The molecule has 0 fully saturated rings. The van der Waals surface area contributed by atoms with E-state index in [4.69, 9.17) is 0 Å². The molecule has 0 aliphatic rings. The Hall–Kier alpha value is -0.960. The Morgan fingerprint density at radius 2 is 1.94 bits per heavy atom. The van der Waals surface area contributed by atoms with E-state index in [0.717, 1.165) is 17.5 Å². The van der Waals surface area contributed by atoms with Gasteiger partial charge in [-0.15, -0.1) is 0 Å². The number of rotatable bonds is 2. The quantitative estimate of drug-likeness (QED) is 0.783. The lowest BCUT2D eigenvalue weighted by molar-refractivity contribution is 0.396. The molecule has 1 heterocycles. The third kappa shape index (κ3) is 2.83. The topological polar surface area (TPSA) is 25.8 Å². The van der Waals surface area contributed by atoms with Crippen LogP contribution in [0.1, 0.15) is 26.5 Å². The molecule has 0 N–H and O–H groups in total. The van der Waals surface area contributed by atoms with E-state index in [2.05, 4.69) is 59.0 Å². The number of benzene rings is 1. The van der Waals surface area contributed by atoms with E-state index in [9.17, 15) is 0 Å². The van der Waals surface area contributed by atoms with Gasteiger partial charge in [0.25, 0.3) is 0 Å². The lowest BCUT2D eigenvalue weighted by atomic mass is 9.89. The summed E-state index contributed by atoms with van der Waals surface area (Å²) in [5.74, 6) is 0. The highest BCUT2D eigenvalue weighted by Crippen LogP contribution is 2.30. The van der Waals surface area contributed by atoms with Gasteiger partial charge in [-0.1, -0.05) is 61.0 Å². The fourth-order valence-corrected chi connectivity index (χ4v) is 2.02. The van der Waals surface area contributed by atoms with Crippen LogP contribution < -0.4 is 0 Å². The van der Waals surface area contributed by atoms with Crippen molar-refractivity contribution in [3.8, 4) is 0 Å². The molecule has 2 aromatic rings.